The van der Waals surface area contributed by atoms with Crippen molar-refractivity contribution in [2.75, 3.05) is 10.5 Å². The Hall–Kier alpha value is -0.520. The molecule has 11 heavy (non-hydrogen) atoms. The van der Waals surface area contributed by atoms with Crippen LogP contribution in [0.4, 0.5) is 11.4 Å². The molecule has 5 N–H and O–H groups in total. The lowest BCUT2D eigenvalue weighted by molar-refractivity contribution is 1.48. The minimum absolute atomic E-state index is 0.593. The highest BCUT2D eigenvalue weighted by atomic mass is 33.1. The van der Waals surface area contributed by atoms with Crippen molar-refractivity contribution >= 4 is 32.5 Å². The fraction of sp³-hybridized carbons (Fsp3) is 0. The third kappa shape index (κ3) is 1.26. The highest BCUT2D eigenvalue weighted by molar-refractivity contribution is 8.85. The number of hydrogen-bond acceptors (Lipinski definition) is 4. The molecule has 1 heterocycles. The van der Waals surface area contributed by atoms with Crippen LogP contribution in [0.3, 0.4) is 0 Å². The molecule has 0 saturated heterocycles. The maximum Gasteiger partial charge on any atom is 0.0608 e. The van der Waals surface area contributed by atoms with E-state index >= 15 is 0 Å². The van der Waals surface area contributed by atoms with Gasteiger partial charge in [0, 0.05) is 10.6 Å². The molecule has 1 atom stereocenters. The van der Waals surface area contributed by atoms with Gasteiger partial charge >= 0.3 is 0 Å². The fourth-order valence-electron chi connectivity index (χ4n) is 0.962. The van der Waals surface area contributed by atoms with Crippen LogP contribution in [-0.4, -0.2) is 0 Å². The number of fused-ring (bicyclic) bond motifs is 1. The molecule has 2 rings (SSSR count). The Kier molecular flexibility index (Phi) is 1.63. The van der Waals surface area contributed by atoms with E-state index in [2.05, 4.69) is 4.72 Å². The average Bonchev–Trinajstić information content (AvgIpc) is 2.27. The number of rotatable bonds is 0. The van der Waals surface area contributed by atoms with Gasteiger partial charge in [0.05, 0.1) is 5.69 Å². The van der Waals surface area contributed by atoms with Gasteiger partial charge in [-0.2, -0.15) is 0 Å². The number of anilines is 2. The van der Waals surface area contributed by atoms with Crippen molar-refractivity contribution < 1.29 is 0 Å². The van der Waals surface area contributed by atoms with Crippen LogP contribution in [0, 0.1) is 0 Å². The number of hydrogen-bond donors (Lipinski definition) is 4. The number of nitrogen functional groups attached to an aromatic ring is 1. The molecule has 1 unspecified atom stereocenters. The van der Waals surface area contributed by atoms with Crippen molar-refractivity contribution in [3.63, 3.8) is 0 Å². The van der Waals surface area contributed by atoms with Crippen molar-refractivity contribution in [2.45, 2.75) is 4.90 Å². The summed E-state index contributed by atoms with van der Waals surface area (Å²) in [5.41, 5.74) is 7.45. The largest absolute Gasteiger partial charge is 0.399 e. The van der Waals surface area contributed by atoms with Crippen molar-refractivity contribution in [1.29, 1.82) is 0 Å². The first-order valence-electron chi connectivity index (χ1n) is 3.15. The minimum atomic E-state index is -0.593. The Morgan fingerprint density at radius 3 is 3.09 bits per heavy atom. The summed E-state index contributed by atoms with van der Waals surface area (Å²) in [5, 5.41) is 5.71. The summed E-state index contributed by atoms with van der Waals surface area (Å²) in [7, 11) is 1.08. The topological polar surface area (TPSA) is 64.1 Å². The first-order chi connectivity index (χ1) is 5.25. The van der Waals surface area contributed by atoms with Crippen LogP contribution in [-0.2, 0) is 0 Å². The van der Waals surface area contributed by atoms with Crippen LogP contribution in [0.25, 0.3) is 0 Å². The van der Waals surface area contributed by atoms with Gasteiger partial charge in [-0.25, -0.2) is 0 Å². The molecular weight excluding hydrogens is 178 g/mol. The number of nitrogens with two attached hydrogens (primary N) is 2. The SMILES string of the molecule is Nc1ccc2c(c1)N[SH](N)S2. The molecule has 0 fully saturated rings. The summed E-state index contributed by atoms with van der Waals surface area (Å²) >= 11 is 0. The van der Waals surface area contributed by atoms with Crippen LogP contribution in [0.15, 0.2) is 23.1 Å². The van der Waals surface area contributed by atoms with Crippen molar-refractivity contribution in [3.05, 3.63) is 18.2 Å². The standard InChI is InChI=1S/C6H9N3S2/c7-4-1-2-6-5(3-4)9-11(8)10-6/h1-3,9,11H,7-8H2. The van der Waals surface area contributed by atoms with E-state index in [1.54, 1.807) is 10.8 Å². The first kappa shape index (κ1) is 7.15. The van der Waals surface area contributed by atoms with Crippen molar-refractivity contribution in [3.8, 4) is 0 Å². The van der Waals surface area contributed by atoms with Gasteiger partial charge in [0.15, 0.2) is 0 Å². The summed E-state index contributed by atoms with van der Waals surface area (Å²) in [4.78, 5) is 1.20. The third-order valence-electron chi connectivity index (χ3n) is 1.43. The van der Waals surface area contributed by atoms with E-state index in [4.69, 9.17) is 10.9 Å². The minimum Gasteiger partial charge on any atom is -0.399 e. The highest BCUT2D eigenvalue weighted by Crippen LogP contribution is 2.50. The zero-order chi connectivity index (χ0) is 7.84. The second kappa shape index (κ2) is 2.51. The van der Waals surface area contributed by atoms with E-state index in [0.717, 1.165) is 11.4 Å². The van der Waals surface area contributed by atoms with Crippen LogP contribution >= 0.6 is 21.1 Å². The first-order valence-corrected chi connectivity index (χ1v) is 5.98. The molecule has 0 aliphatic carbocycles. The Morgan fingerprint density at radius 2 is 2.27 bits per heavy atom. The molecule has 5 heteroatoms. The Labute approximate surface area is 71.5 Å². The smallest absolute Gasteiger partial charge is 0.0608 e. The molecule has 0 spiro atoms. The molecule has 0 saturated carbocycles. The van der Waals surface area contributed by atoms with Gasteiger partial charge in [-0.05, 0) is 29.0 Å². The second-order valence-electron chi connectivity index (χ2n) is 2.28. The monoisotopic (exact) mass is 187 g/mol. The summed E-state index contributed by atoms with van der Waals surface area (Å²) in [6.07, 6.45) is 0. The van der Waals surface area contributed by atoms with Crippen LogP contribution in [0.5, 0.6) is 0 Å². The predicted molar refractivity (Wildman–Crippen MR) is 53.5 cm³/mol. The summed E-state index contributed by atoms with van der Waals surface area (Å²) in [5.74, 6) is 0. The van der Waals surface area contributed by atoms with Gasteiger partial charge < -0.3 is 10.5 Å². The van der Waals surface area contributed by atoms with Gasteiger partial charge in [-0.1, -0.05) is 10.3 Å². The average molecular weight is 187 g/mol. The van der Waals surface area contributed by atoms with Gasteiger partial charge in [0.2, 0.25) is 0 Å². The Bertz CT molecular complexity index is 289. The summed E-state index contributed by atoms with van der Waals surface area (Å²) in [6, 6.07) is 5.80. The second-order valence-corrected chi connectivity index (χ2v) is 5.51. The molecule has 0 aromatic heterocycles. The van der Waals surface area contributed by atoms with Gasteiger partial charge in [0.25, 0.3) is 0 Å². The quantitative estimate of drug-likeness (QED) is 0.282. The lowest BCUT2D eigenvalue weighted by Gasteiger charge is -2.04. The summed E-state index contributed by atoms with van der Waals surface area (Å²) < 4.78 is 3.16. The zero-order valence-corrected chi connectivity index (χ0v) is 7.45. The van der Waals surface area contributed by atoms with Crippen LogP contribution in [0.1, 0.15) is 0 Å². The van der Waals surface area contributed by atoms with E-state index in [1.807, 2.05) is 18.2 Å². The van der Waals surface area contributed by atoms with E-state index < -0.39 is 10.3 Å². The maximum absolute atomic E-state index is 5.71. The molecule has 60 valence electrons. The normalized spacial score (nSPS) is 24.3. The molecule has 0 amide bonds. The molecule has 0 bridgehead atoms. The molecule has 0 radical (unpaired) electrons. The Morgan fingerprint density at radius 1 is 1.45 bits per heavy atom. The van der Waals surface area contributed by atoms with E-state index in [1.165, 1.54) is 4.90 Å². The van der Waals surface area contributed by atoms with Gasteiger partial charge in [0.1, 0.15) is 0 Å². The lowest BCUT2D eigenvalue weighted by atomic mass is 10.3. The molecule has 1 aromatic rings. The zero-order valence-electron chi connectivity index (χ0n) is 5.74. The van der Waals surface area contributed by atoms with Gasteiger partial charge in [-0.3, -0.25) is 5.14 Å². The molecule has 1 aliphatic rings. The molecule has 1 aliphatic heterocycles. The molecular formula is C6H9N3S2. The lowest BCUT2D eigenvalue weighted by Crippen LogP contribution is -1.94. The summed E-state index contributed by atoms with van der Waals surface area (Å²) in [6.45, 7) is 0. The number of nitrogens with one attached hydrogen (secondary N) is 1. The van der Waals surface area contributed by atoms with E-state index in [0.29, 0.717) is 0 Å². The highest BCUT2D eigenvalue weighted by Gasteiger charge is 2.14. The number of thiol groups is 1. The van der Waals surface area contributed by atoms with Crippen molar-refractivity contribution in [2.24, 2.45) is 5.14 Å². The molecule has 1 aromatic carbocycles. The third-order valence-corrected chi connectivity index (χ3v) is 4.10. The molecule has 3 nitrogen and oxygen atoms in total. The van der Waals surface area contributed by atoms with Crippen LogP contribution in [0.2, 0.25) is 0 Å². The van der Waals surface area contributed by atoms with E-state index in [-0.39, 0.29) is 0 Å². The predicted octanol–water partition coefficient (Wildman–Crippen LogP) is 1.49. The fourth-order valence-corrected chi connectivity index (χ4v) is 3.60. The van der Waals surface area contributed by atoms with Crippen LogP contribution < -0.4 is 15.6 Å². The maximum atomic E-state index is 5.71. The van der Waals surface area contributed by atoms with Crippen molar-refractivity contribution in [1.82, 2.24) is 0 Å². The number of benzene rings is 1. The van der Waals surface area contributed by atoms with Gasteiger partial charge in [-0.15, -0.1) is 0 Å². The van der Waals surface area contributed by atoms with E-state index in [9.17, 15) is 0 Å². The Balaban J connectivity index is 2.43.